The van der Waals surface area contributed by atoms with Crippen LogP contribution in [0, 0.1) is 6.92 Å². The molecule has 37 heavy (non-hydrogen) atoms. The highest BCUT2D eigenvalue weighted by atomic mass is 35.5. The summed E-state index contributed by atoms with van der Waals surface area (Å²) in [6.07, 6.45) is 0. The number of amides is 2. The molecule has 1 aliphatic heterocycles. The van der Waals surface area contributed by atoms with Crippen LogP contribution in [0.4, 0.5) is 5.69 Å². The number of aryl methyl sites for hydroxylation is 2. The van der Waals surface area contributed by atoms with Gasteiger partial charge in [0.1, 0.15) is 11.4 Å². The SMILES string of the molecule is Cc1nc(Oc2ccc3c(c2)cc(C(=O)N2CCNCC2)n3C)ccc1NC(=O)c1ccc(Cl)c(Cl)c1. The molecule has 2 aromatic heterocycles. The molecule has 0 radical (unpaired) electrons. The third-order valence-corrected chi connectivity index (χ3v) is 7.09. The average Bonchev–Trinajstić information content (AvgIpc) is 3.22. The lowest BCUT2D eigenvalue weighted by molar-refractivity contribution is 0.0726. The monoisotopic (exact) mass is 537 g/mol. The van der Waals surface area contributed by atoms with E-state index in [9.17, 15) is 9.59 Å². The van der Waals surface area contributed by atoms with Crippen LogP contribution in [0.1, 0.15) is 26.5 Å². The Balaban J connectivity index is 1.31. The molecule has 190 valence electrons. The first-order valence-corrected chi connectivity index (χ1v) is 12.6. The number of halogens is 2. The summed E-state index contributed by atoms with van der Waals surface area (Å²) in [6.45, 7) is 4.79. The van der Waals surface area contributed by atoms with Crippen LogP contribution in [-0.4, -0.2) is 52.4 Å². The minimum atomic E-state index is -0.321. The summed E-state index contributed by atoms with van der Waals surface area (Å²) in [4.78, 5) is 32.0. The van der Waals surface area contributed by atoms with Gasteiger partial charge in [0.25, 0.3) is 11.8 Å². The lowest BCUT2D eigenvalue weighted by atomic mass is 10.2. The molecule has 2 amide bonds. The highest BCUT2D eigenvalue weighted by molar-refractivity contribution is 6.42. The number of hydrogen-bond acceptors (Lipinski definition) is 5. The van der Waals surface area contributed by atoms with Gasteiger partial charge in [-0.05, 0) is 55.5 Å². The molecule has 8 nitrogen and oxygen atoms in total. The predicted molar refractivity (Wildman–Crippen MR) is 145 cm³/mol. The Morgan fingerprint density at radius 1 is 1.00 bits per heavy atom. The van der Waals surface area contributed by atoms with Gasteiger partial charge in [0.05, 0.1) is 21.4 Å². The number of rotatable bonds is 5. The van der Waals surface area contributed by atoms with E-state index in [1.54, 1.807) is 31.2 Å². The number of nitrogens with one attached hydrogen (secondary N) is 2. The number of nitrogens with zero attached hydrogens (tertiary/aromatic N) is 3. The standard InChI is InChI=1S/C27H25Cl2N5O3/c1-16-22(32-26(35)17-3-5-20(28)21(29)14-17)6-8-25(31-16)37-19-4-7-23-18(13-19)15-24(33(23)2)27(36)34-11-9-30-10-12-34/h3-8,13-15,30H,9-12H2,1-2H3,(H,32,35). The fourth-order valence-electron chi connectivity index (χ4n) is 4.31. The van der Waals surface area contributed by atoms with Crippen molar-refractivity contribution in [2.24, 2.45) is 7.05 Å². The molecule has 10 heteroatoms. The quantitative estimate of drug-likeness (QED) is 0.361. The van der Waals surface area contributed by atoms with E-state index >= 15 is 0 Å². The first-order chi connectivity index (χ1) is 17.8. The van der Waals surface area contributed by atoms with Crippen LogP contribution in [0.15, 0.2) is 54.6 Å². The second-order valence-corrected chi connectivity index (χ2v) is 9.63. The smallest absolute Gasteiger partial charge is 0.270 e. The van der Waals surface area contributed by atoms with E-state index in [-0.39, 0.29) is 11.8 Å². The summed E-state index contributed by atoms with van der Waals surface area (Å²) in [5, 5.41) is 7.70. The van der Waals surface area contributed by atoms with E-state index < -0.39 is 0 Å². The minimum absolute atomic E-state index is 0.0264. The predicted octanol–water partition coefficient (Wildman–Crippen LogP) is 5.28. The Labute approximate surface area is 224 Å². The maximum absolute atomic E-state index is 13.0. The van der Waals surface area contributed by atoms with Crippen LogP contribution in [0.25, 0.3) is 10.9 Å². The van der Waals surface area contributed by atoms with Crippen LogP contribution >= 0.6 is 23.2 Å². The van der Waals surface area contributed by atoms with E-state index in [1.165, 1.54) is 6.07 Å². The zero-order valence-corrected chi connectivity index (χ0v) is 21.9. The fraction of sp³-hybridized carbons (Fsp3) is 0.222. The largest absolute Gasteiger partial charge is 0.439 e. The van der Waals surface area contributed by atoms with Crippen molar-refractivity contribution in [2.75, 3.05) is 31.5 Å². The molecule has 2 aromatic carbocycles. The molecule has 0 aliphatic carbocycles. The summed E-state index contributed by atoms with van der Waals surface area (Å²) >= 11 is 12.0. The lowest BCUT2D eigenvalue weighted by Gasteiger charge is -2.27. The number of hydrogen-bond donors (Lipinski definition) is 2. The van der Waals surface area contributed by atoms with Crippen molar-refractivity contribution in [1.29, 1.82) is 0 Å². The van der Waals surface area contributed by atoms with Crippen LogP contribution in [0.3, 0.4) is 0 Å². The molecule has 0 atom stereocenters. The summed E-state index contributed by atoms with van der Waals surface area (Å²) in [5.74, 6) is 0.687. The first-order valence-electron chi connectivity index (χ1n) is 11.8. The molecule has 0 saturated carbocycles. The Bertz CT molecular complexity index is 1510. The van der Waals surface area contributed by atoms with Gasteiger partial charge in [-0.2, -0.15) is 0 Å². The molecule has 2 N–H and O–H groups in total. The molecule has 1 saturated heterocycles. The van der Waals surface area contributed by atoms with Gasteiger partial charge in [0.2, 0.25) is 5.88 Å². The van der Waals surface area contributed by atoms with Gasteiger partial charge in [0.15, 0.2) is 0 Å². The third-order valence-electron chi connectivity index (χ3n) is 6.35. The number of carbonyl (C=O) groups excluding carboxylic acids is 2. The molecule has 1 fully saturated rings. The zero-order chi connectivity index (χ0) is 26.1. The molecular formula is C27H25Cl2N5O3. The van der Waals surface area contributed by atoms with E-state index in [2.05, 4.69) is 15.6 Å². The Morgan fingerprint density at radius 3 is 2.51 bits per heavy atom. The number of piperazine rings is 1. The summed E-state index contributed by atoms with van der Waals surface area (Å²) in [5.41, 5.74) is 3.12. The van der Waals surface area contributed by atoms with E-state index in [1.807, 2.05) is 40.8 Å². The average molecular weight is 538 g/mol. The van der Waals surface area contributed by atoms with Crippen LogP contribution in [-0.2, 0) is 7.05 Å². The first kappa shape index (κ1) is 25.1. The van der Waals surface area contributed by atoms with Gasteiger partial charge in [-0.3, -0.25) is 9.59 Å². The highest BCUT2D eigenvalue weighted by Crippen LogP contribution is 2.29. The number of carbonyl (C=O) groups is 2. The van der Waals surface area contributed by atoms with Gasteiger partial charge in [-0.15, -0.1) is 0 Å². The van der Waals surface area contributed by atoms with E-state index in [4.69, 9.17) is 27.9 Å². The van der Waals surface area contributed by atoms with Crippen molar-refractivity contribution in [1.82, 2.24) is 19.8 Å². The summed E-state index contributed by atoms with van der Waals surface area (Å²) in [6, 6.07) is 15.7. The van der Waals surface area contributed by atoms with Gasteiger partial charge in [-0.1, -0.05) is 23.2 Å². The maximum Gasteiger partial charge on any atom is 0.270 e. The van der Waals surface area contributed by atoms with Crippen LogP contribution in [0.5, 0.6) is 11.6 Å². The maximum atomic E-state index is 13.0. The minimum Gasteiger partial charge on any atom is -0.439 e. The number of fused-ring (bicyclic) bond motifs is 1. The molecule has 0 bridgehead atoms. The fourth-order valence-corrected chi connectivity index (χ4v) is 4.60. The zero-order valence-electron chi connectivity index (χ0n) is 20.3. The number of benzene rings is 2. The Kier molecular flexibility index (Phi) is 7.06. The molecule has 3 heterocycles. The van der Waals surface area contributed by atoms with Crippen molar-refractivity contribution in [3.63, 3.8) is 0 Å². The lowest BCUT2D eigenvalue weighted by Crippen LogP contribution is -2.46. The van der Waals surface area contributed by atoms with Gasteiger partial charge < -0.3 is 24.8 Å². The summed E-state index contributed by atoms with van der Waals surface area (Å²) < 4.78 is 7.91. The van der Waals surface area contributed by atoms with Gasteiger partial charge >= 0.3 is 0 Å². The second kappa shape index (κ2) is 10.4. The number of ether oxygens (including phenoxy) is 1. The normalized spacial score (nSPS) is 13.6. The van der Waals surface area contributed by atoms with Crippen molar-refractivity contribution in [2.45, 2.75) is 6.92 Å². The third kappa shape index (κ3) is 5.27. The summed E-state index contributed by atoms with van der Waals surface area (Å²) in [7, 11) is 1.90. The molecular weight excluding hydrogens is 513 g/mol. The van der Waals surface area contributed by atoms with Gasteiger partial charge in [-0.25, -0.2) is 4.98 Å². The van der Waals surface area contributed by atoms with Crippen molar-refractivity contribution >= 4 is 51.6 Å². The number of aromatic nitrogens is 2. The van der Waals surface area contributed by atoms with Crippen molar-refractivity contribution in [3.05, 3.63) is 81.6 Å². The molecule has 4 aromatic rings. The second-order valence-electron chi connectivity index (χ2n) is 8.82. The highest BCUT2D eigenvalue weighted by Gasteiger charge is 2.22. The van der Waals surface area contributed by atoms with Crippen LogP contribution < -0.4 is 15.4 Å². The van der Waals surface area contributed by atoms with Gasteiger partial charge in [0, 0.05) is 55.8 Å². The molecule has 1 aliphatic rings. The van der Waals surface area contributed by atoms with E-state index in [0.717, 1.165) is 24.0 Å². The topological polar surface area (TPSA) is 88.5 Å². The van der Waals surface area contributed by atoms with E-state index in [0.29, 0.717) is 57.4 Å². The Morgan fingerprint density at radius 2 is 1.78 bits per heavy atom. The molecule has 0 unspecified atom stereocenters. The number of anilines is 1. The van der Waals surface area contributed by atoms with Crippen molar-refractivity contribution in [3.8, 4) is 11.6 Å². The molecule has 5 rings (SSSR count). The Hall–Kier alpha value is -3.59. The van der Waals surface area contributed by atoms with Crippen LogP contribution in [0.2, 0.25) is 10.0 Å². The number of pyridine rings is 1. The molecule has 0 spiro atoms. The van der Waals surface area contributed by atoms with Crippen molar-refractivity contribution < 1.29 is 14.3 Å².